The molecule has 0 aliphatic carbocycles. The summed E-state index contributed by atoms with van der Waals surface area (Å²) in [4.78, 5) is 39.0. The van der Waals surface area contributed by atoms with Crippen LogP contribution in [0, 0.1) is 5.92 Å². The molecule has 9 nitrogen and oxygen atoms in total. The second kappa shape index (κ2) is 11.8. The number of hydrogen-bond donors (Lipinski definition) is 0. The van der Waals surface area contributed by atoms with Gasteiger partial charge in [-0.05, 0) is 38.1 Å². The van der Waals surface area contributed by atoms with Crippen LogP contribution in [0.15, 0.2) is 30.3 Å². The third-order valence-corrected chi connectivity index (χ3v) is 7.56. The van der Waals surface area contributed by atoms with Crippen molar-refractivity contribution in [2.45, 2.75) is 91.0 Å². The maximum absolute atomic E-state index is 13.2. The van der Waals surface area contributed by atoms with Gasteiger partial charge in [0.2, 0.25) is 12.4 Å². The lowest BCUT2D eigenvalue weighted by molar-refractivity contribution is -0.266. The molecule has 4 rings (SSSR count). The number of hydrogen-bond acceptors (Lipinski definition) is 8. The van der Waals surface area contributed by atoms with E-state index in [9.17, 15) is 14.4 Å². The zero-order valence-corrected chi connectivity index (χ0v) is 24.8. The van der Waals surface area contributed by atoms with E-state index >= 15 is 0 Å². The number of anilines is 1. The van der Waals surface area contributed by atoms with Gasteiger partial charge in [0.25, 0.3) is 0 Å². The smallest absolute Gasteiger partial charge is 0.414 e. The van der Waals surface area contributed by atoms with Gasteiger partial charge in [0.15, 0.2) is 0 Å². The molecule has 0 bridgehead atoms. The van der Waals surface area contributed by atoms with Crippen LogP contribution in [0.5, 0.6) is 5.75 Å². The van der Waals surface area contributed by atoms with Gasteiger partial charge in [0.05, 0.1) is 11.8 Å². The number of fused-ring (bicyclic) bond motifs is 3. The molecule has 2 aliphatic rings. The molecule has 2 aliphatic heterocycles. The van der Waals surface area contributed by atoms with Gasteiger partial charge >= 0.3 is 18.0 Å². The Kier molecular flexibility index (Phi) is 8.85. The van der Waals surface area contributed by atoms with Gasteiger partial charge < -0.3 is 23.7 Å². The number of esters is 2. The number of nitrogens with zero attached hydrogens (tertiary/aromatic N) is 1. The van der Waals surface area contributed by atoms with Crippen LogP contribution in [0.4, 0.5) is 10.5 Å². The number of alkyl halides is 1. The molecule has 1 fully saturated rings. The lowest BCUT2D eigenvalue weighted by Crippen LogP contribution is -2.58. The second-order valence-corrected chi connectivity index (χ2v) is 11.7. The lowest BCUT2D eigenvalue weighted by atomic mass is 9.89. The molecular formula is C30H38ClNO8. The van der Waals surface area contributed by atoms with Crippen molar-refractivity contribution >= 4 is 46.1 Å². The normalized spacial score (nSPS) is 26.2. The van der Waals surface area contributed by atoms with Crippen molar-refractivity contribution in [1.29, 1.82) is 0 Å². The van der Waals surface area contributed by atoms with Crippen molar-refractivity contribution in [3.63, 3.8) is 0 Å². The Morgan fingerprint density at radius 3 is 2.25 bits per heavy atom. The maximum atomic E-state index is 13.2. The van der Waals surface area contributed by atoms with E-state index in [2.05, 4.69) is 0 Å². The number of carbonyl (C=O) groups is 3. The van der Waals surface area contributed by atoms with Crippen LogP contribution in [0.2, 0.25) is 0 Å². The number of carbonyl (C=O) groups excluding carboxylic acids is 3. The van der Waals surface area contributed by atoms with E-state index in [-0.39, 0.29) is 17.9 Å². The van der Waals surface area contributed by atoms with E-state index < -0.39 is 42.1 Å². The second-order valence-electron chi connectivity index (χ2n) is 11.4. The standard InChI is InChI=1S/C30H38ClNO8/c1-8-23-16(2)26(36-17(3)33)27(37-18(4)34)28(38-23)39-24-13-22-25(21-12-10-9-11-20(21)24)19(14-31)15-32(22)29(35)40-30(5,6)7/h9-13,16,19,23,26-28H,8,14-15H2,1-7H3/t16-,19+,23+,26-,27+,28-/m0/s1. The minimum absolute atomic E-state index is 0.110. The molecule has 2 heterocycles. The van der Waals surface area contributed by atoms with Crippen molar-refractivity contribution in [3.8, 4) is 5.75 Å². The summed E-state index contributed by atoms with van der Waals surface area (Å²) in [7, 11) is 0. The van der Waals surface area contributed by atoms with E-state index in [1.54, 1.807) is 11.0 Å². The zero-order valence-electron chi connectivity index (χ0n) is 24.1. The molecular weight excluding hydrogens is 538 g/mol. The Labute approximate surface area is 240 Å². The van der Waals surface area contributed by atoms with Gasteiger partial charge in [-0.3, -0.25) is 14.5 Å². The molecule has 0 aromatic heterocycles. The van der Waals surface area contributed by atoms with Gasteiger partial charge in [-0.15, -0.1) is 11.6 Å². The van der Waals surface area contributed by atoms with E-state index in [4.69, 9.17) is 35.3 Å². The Hall–Kier alpha value is -3.04. The van der Waals surface area contributed by atoms with Crippen molar-refractivity contribution in [2.75, 3.05) is 17.3 Å². The fourth-order valence-electron chi connectivity index (χ4n) is 5.53. The van der Waals surface area contributed by atoms with Crippen molar-refractivity contribution < 1.29 is 38.1 Å². The molecule has 0 unspecified atom stereocenters. The third-order valence-electron chi connectivity index (χ3n) is 7.18. The van der Waals surface area contributed by atoms with Crippen LogP contribution < -0.4 is 9.64 Å². The number of rotatable bonds is 6. The van der Waals surface area contributed by atoms with Crippen LogP contribution >= 0.6 is 11.6 Å². The molecule has 1 saturated heterocycles. The monoisotopic (exact) mass is 575 g/mol. The van der Waals surface area contributed by atoms with E-state index in [0.29, 0.717) is 30.3 Å². The summed E-state index contributed by atoms with van der Waals surface area (Å²) in [5.74, 6) is -0.666. The average molecular weight is 576 g/mol. The van der Waals surface area contributed by atoms with E-state index in [0.717, 1.165) is 16.3 Å². The summed E-state index contributed by atoms with van der Waals surface area (Å²) in [5, 5.41) is 1.66. The fraction of sp³-hybridized carbons (Fsp3) is 0.567. The Balaban J connectivity index is 1.81. The zero-order chi connectivity index (χ0) is 29.4. The molecule has 40 heavy (non-hydrogen) atoms. The highest BCUT2D eigenvalue weighted by Crippen LogP contribution is 2.47. The summed E-state index contributed by atoms with van der Waals surface area (Å²) in [5.41, 5.74) is 0.880. The third kappa shape index (κ3) is 6.15. The van der Waals surface area contributed by atoms with Crippen LogP contribution in [0.3, 0.4) is 0 Å². The van der Waals surface area contributed by atoms with Crippen molar-refractivity contribution in [3.05, 3.63) is 35.9 Å². The molecule has 6 atom stereocenters. The van der Waals surface area contributed by atoms with Crippen LogP contribution in [-0.2, 0) is 28.5 Å². The first-order chi connectivity index (χ1) is 18.8. The molecule has 0 saturated carbocycles. The van der Waals surface area contributed by atoms with Crippen LogP contribution in [-0.4, -0.2) is 60.7 Å². The van der Waals surface area contributed by atoms with E-state index in [1.165, 1.54) is 13.8 Å². The van der Waals surface area contributed by atoms with Gasteiger partial charge in [0.1, 0.15) is 17.5 Å². The van der Waals surface area contributed by atoms with Crippen molar-refractivity contribution in [2.24, 2.45) is 5.92 Å². The average Bonchev–Trinajstić information content (AvgIpc) is 3.25. The van der Waals surface area contributed by atoms with Crippen molar-refractivity contribution in [1.82, 2.24) is 0 Å². The SMILES string of the molecule is CC[C@H]1O[C@@H](Oc2cc3c(c4ccccc24)[C@H](CCl)CN3C(=O)OC(C)(C)C)[C@H](OC(C)=O)[C@@H](OC(C)=O)[C@H]1C. The predicted molar refractivity (Wildman–Crippen MR) is 151 cm³/mol. The molecule has 0 N–H and O–H groups in total. The van der Waals surface area contributed by atoms with Crippen LogP contribution in [0.1, 0.15) is 66.4 Å². The highest BCUT2D eigenvalue weighted by molar-refractivity contribution is 6.19. The fourth-order valence-corrected chi connectivity index (χ4v) is 5.79. The first-order valence-corrected chi connectivity index (χ1v) is 14.2. The Bertz CT molecular complexity index is 1270. The summed E-state index contributed by atoms with van der Waals surface area (Å²) in [6, 6.07) is 9.46. The summed E-state index contributed by atoms with van der Waals surface area (Å²) >= 11 is 6.39. The topological polar surface area (TPSA) is 101 Å². The largest absolute Gasteiger partial charge is 0.460 e. The van der Waals surface area contributed by atoms with Gasteiger partial charge in [0, 0.05) is 49.6 Å². The number of benzene rings is 2. The minimum atomic E-state index is -1.07. The summed E-state index contributed by atoms with van der Waals surface area (Å²) < 4.78 is 29.8. The molecule has 218 valence electrons. The molecule has 0 radical (unpaired) electrons. The first-order valence-electron chi connectivity index (χ1n) is 13.6. The quantitative estimate of drug-likeness (QED) is 0.237. The summed E-state index contributed by atoms with van der Waals surface area (Å²) in [6.45, 7) is 12.3. The van der Waals surface area contributed by atoms with Gasteiger partial charge in [-0.25, -0.2) is 4.79 Å². The maximum Gasteiger partial charge on any atom is 0.414 e. The minimum Gasteiger partial charge on any atom is -0.460 e. The molecule has 2 aromatic carbocycles. The molecule has 2 aromatic rings. The number of ether oxygens (including phenoxy) is 5. The molecule has 1 amide bonds. The number of halogens is 1. The van der Waals surface area contributed by atoms with E-state index in [1.807, 2.05) is 58.9 Å². The number of amides is 1. The summed E-state index contributed by atoms with van der Waals surface area (Å²) in [6.07, 6.45) is -3.03. The van der Waals surface area contributed by atoms with Gasteiger partial charge in [-0.2, -0.15) is 0 Å². The van der Waals surface area contributed by atoms with Crippen LogP contribution in [0.25, 0.3) is 10.8 Å². The molecule has 0 spiro atoms. The highest BCUT2D eigenvalue weighted by Gasteiger charge is 2.49. The highest BCUT2D eigenvalue weighted by atomic mass is 35.5. The Morgan fingerprint density at radius 1 is 1.05 bits per heavy atom. The molecule has 10 heteroatoms. The lowest BCUT2D eigenvalue weighted by Gasteiger charge is -2.44. The van der Waals surface area contributed by atoms with Gasteiger partial charge in [-0.1, -0.05) is 38.1 Å². The first kappa shape index (κ1) is 29.9. The predicted octanol–water partition coefficient (Wildman–Crippen LogP) is 5.93. The Morgan fingerprint density at radius 2 is 1.68 bits per heavy atom.